The van der Waals surface area contributed by atoms with Gasteiger partial charge in [0, 0.05) is 17.1 Å². The second kappa shape index (κ2) is 6.15. The molecule has 5 heteroatoms. The predicted molar refractivity (Wildman–Crippen MR) is 88.2 cm³/mol. The number of hydrogen-bond donors (Lipinski definition) is 0. The molecule has 2 heterocycles. The second-order valence-corrected chi connectivity index (χ2v) is 5.65. The molecule has 0 atom stereocenters. The van der Waals surface area contributed by atoms with Crippen molar-refractivity contribution in [3.63, 3.8) is 0 Å². The van der Waals surface area contributed by atoms with Gasteiger partial charge in [0.05, 0.1) is 18.5 Å². The number of aldehydes is 1. The fraction of sp³-hybridized carbons (Fsp3) is 0.176. The third-order valence-corrected chi connectivity index (χ3v) is 4.40. The molecular formula is C17H16N2O2S. The number of aromatic nitrogens is 2. The van der Waals surface area contributed by atoms with E-state index in [2.05, 4.69) is 18.0 Å². The summed E-state index contributed by atoms with van der Waals surface area (Å²) in [6.07, 6.45) is 3.59. The molecule has 0 saturated carbocycles. The predicted octanol–water partition coefficient (Wildman–Crippen LogP) is 3.98. The van der Waals surface area contributed by atoms with Crippen molar-refractivity contribution in [3.8, 4) is 22.1 Å². The smallest absolute Gasteiger partial charge is 0.194 e. The van der Waals surface area contributed by atoms with E-state index >= 15 is 0 Å². The topological polar surface area (TPSA) is 44.1 Å². The number of rotatable bonds is 5. The summed E-state index contributed by atoms with van der Waals surface area (Å²) in [6.45, 7) is 2.10. The average molecular weight is 312 g/mol. The lowest BCUT2D eigenvalue weighted by Gasteiger charge is -2.08. The number of methoxy groups -OCH3 is 1. The summed E-state index contributed by atoms with van der Waals surface area (Å²) >= 11 is 1.52. The number of nitrogens with zero attached hydrogens (tertiary/aromatic N) is 2. The highest BCUT2D eigenvalue weighted by molar-refractivity contribution is 7.12. The highest BCUT2D eigenvalue weighted by atomic mass is 32.1. The Morgan fingerprint density at radius 2 is 2.23 bits per heavy atom. The van der Waals surface area contributed by atoms with Crippen molar-refractivity contribution in [2.24, 2.45) is 0 Å². The first-order valence-corrected chi connectivity index (χ1v) is 7.90. The van der Waals surface area contributed by atoms with Gasteiger partial charge in [-0.1, -0.05) is 6.92 Å². The lowest BCUT2D eigenvalue weighted by molar-refractivity contribution is 0.111. The molecule has 0 aliphatic rings. The van der Waals surface area contributed by atoms with Gasteiger partial charge in [-0.3, -0.25) is 9.36 Å². The van der Waals surface area contributed by atoms with Crippen molar-refractivity contribution in [1.29, 1.82) is 0 Å². The Morgan fingerprint density at radius 3 is 2.95 bits per heavy atom. The Balaban J connectivity index is 1.99. The van der Waals surface area contributed by atoms with Crippen LogP contribution < -0.4 is 4.74 Å². The Hall–Kier alpha value is -2.40. The fourth-order valence-electron chi connectivity index (χ4n) is 2.39. The lowest BCUT2D eigenvalue weighted by Crippen LogP contribution is -1.96. The quantitative estimate of drug-likeness (QED) is 0.669. The molecule has 3 rings (SSSR count). The summed E-state index contributed by atoms with van der Waals surface area (Å²) in [7, 11) is 1.68. The minimum atomic E-state index is 0.602. The van der Waals surface area contributed by atoms with Gasteiger partial charge in [0.1, 0.15) is 5.75 Å². The number of hydrogen-bond acceptors (Lipinski definition) is 4. The van der Waals surface area contributed by atoms with Crippen LogP contribution >= 0.6 is 11.3 Å². The van der Waals surface area contributed by atoms with Crippen molar-refractivity contribution in [1.82, 2.24) is 9.55 Å². The highest BCUT2D eigenvalue weighted by Gasteiger charge is 2.10. The van der Waals surface area contributed by atoms with Crippen LogP contribution in [-0.4, -0.2) is 22.9 Å². The van der Waals surface area contributed by atoms with Crippen molar-refractivity contribution >= 4 is 17.6 Å². The molecule has 1 aromatic carbocycles. The van der Waals surface area contributed by atoms with E-state index in [9.17, 15) is 4.79 Å². The minimum Gasteiger partial charge on any atom is -0.496 e. The van der Waals surface area contributed by atoms with E-state index in [-0.39, 0.29) is 0 Å². The zero-order chi connectivity index (χ0) is 15.5. The van der Waals surface area contributed by atoms with Crippen LogP contribution in [0.2, 0.25) is 0 Å². The van der Waals surface area contributed by atoms with Gasteiger partial charge in [-0.05, 0) is 42.3 Å². The van der Waals surface area contributed by atoms with E-state index in [1.54, 1.807) is 17.7 Å². The Bertz CT molecular complexity index is 805. The van der Waals surface area contributed by atoms with Crippen molar-refractivity contribution < 1.29 is 9.53 Å². The molecule has 0 bridgehead atoms. The van der Waals surface area contributed by atoms with Crippen LogP contribution in [-0.2, 0) is 6.42 Å². The van der Waals surface area contributed by atoms with Gasteiger partial charge >= 0.3 is 0 Å². The molecule has 112 valence electrons. The maximum atomic E-state index is 11.0. The SMILES string of the molecule is CCc1cc(-c2csc(-n3cccc3C=O)n2)ccc1OC. The molecule has 22 heavy (non-hydrogen) atoms. The molecule has 0 amide bonds. The molecule has 0 radical (unpaired) electrons. The third-order valence-electron chi connectivity index (χ3n) is 3.56. The molecule has 0 spiro atoms. The number of thiazole rings is 1. The van der Waals surface area contributed by atoms with E-state index in [0.29, 0.717) is 5.69 Å². The average Bonchev–Trinajstić information content (AvgIpc) is 3.22. The van der Waals surface area contributed by atoms with Crippen molar-refractivity contribution in [2.45, 2.75) is 13.3 Å². The summed E-state index contributed by atoms with van der Waals surface area (Å²) in [5.74, 6) is 0.898. The van der Waals surface area contributed by atoms with Gasteiger partial charge in [0.2, 0.25) is 0 Å². The highest BCUT2D eigenvalue weighted by Crippen LogP contribution is 2.29. The van der Waals surface area contributed by atoms with Gasteiger partial charge in [-0.25, -0.2) is 4.98 Å². The summed E-state index contributed by atoms with van der Waals surface area (Å²) in [6, 6.07) is 9.70. The largest absolute Gasteiger partial charge is 0.496 e. The maximum Gasteiger partial charge on any atom is 0.194 e. The van der Waals surface area contributed by atoms with Crippen LogP contribution in [0.4, 0.5) is 0 Å². The van der Waals surface area contributed by atoms with Crippen LogP contribution in [0.15, 0.2) is 41.9 Å². The fourth-order valence-corrected chi connectivity index (χ4v) is 3.22. The first-order valence-electron chi connectivity index (χ1n) is 7.02. The molecule has 0 fully saturated rings. The van der Waals surface area contributed by atoms with E-state index in [4.69, 9.17) is 4.74 Å². The standard InChI is InChI=1S/C17H16N2O2S/c1-3-12-9-13(6-7-16(12)21-2)15-11-22-17(18-15)19-8-4-5-14(19)10-20/h4-11H,3H2,1-2H3. The monoisotopic (exact) mass is 312 g/mol. The van der Waals surface area contributed by atoms with Crippen LogP contribution in [0.25, 0.3) is 16.4 Å². The van der Waals surface area contributed by atoms with Gasteiger partial charge in [-0.2, -0.15) is 0 Å². The number of benzene rings is 1. The zero-order valence-electron chi connectivity index (χ0n) is 12.4. The lowest BCUT2D eigenvalue weighted by atomic mass is 10.1. The number of carbonyl (C=O) groups is 1. The van der Waals surface area contributed by atoms with E-state index < -0.39 is 0 Å². The molecule has 2 aromatic heterocycles. The molecule has 4 nitrogen and oxygen atoms in total. The number of aryl methyl sites for hydroxylation is 1. The first-order chi connectivity index (χ1) is 10.8. The molecule has 0 N–H and O–H groups in total. The Morgan fingerprint density at radius 1 is 1.36 bits per heavy atom. The van der Waals surface area contributed by atoms with E-state index in [1.807, 2.05) is 29.8 Å². The van der Waals surface area contributed by atoms with Crippen LogP contribution in [0, 0.1) is 0 Å². The van der Waals surface area contributed by atoms with Crippen molar-refractivity contribution in [3.05, 3.63) is 53.2 Å². The third kappa shape index (κ3) is 2.55. The molecule has 0 saturated heterocycles. The molecule has 3 aromatic rings. The van der Waals surface area contributed by atoms with Crippen molar-refractivity contribution in [2.75, 3.05) is 7.11 Å². The molecule has 0 aliphatic heterocycles. The molecule has 0 aliphatic carbocycles. The zero-order valence-corrected chi connectivity index (χ0v) is 13.3. The van der Waals surface area contributed by atoms with Gasteiger partial charge < -0.3 is 4.74 Å². The first kappa shape index (κ1) is 14.5. The molecule has 0 unspecified atom stereocenters. The summed E-state index contributed by atoms with van der Waals surface area (Å²) < 4.78 is 7.16. The van der Waals surface area contributed by atoms with Gasteiger partial charge in [-0.15, -0.1) is 11.3 Å². The Kier molecular flexibility index (Phi) is 4.06. The van der Waals surface area contributed by atoms with Crippen LogP contribution in [0.5, 0.6) is 5.75 Å². The Labute approximate surface area is 133 Å². The van der Waals surface area contributed by atoms with Crippen LogP contribution in [0.3, 0.4) is 0 Å². The maximum absolute atomic E-state index is 11.0. The van der Waals surface area contributed by atoms with Gasteiger partial charge in [0.25, 0.3) is 0 Å². The summed E-state index contributed by atoms with van der Waals surface area (Å²) in [5.41, 5.74) is 3.72. The summed E-state index contributed by atoms with van der Waals surface area (Å²) in [4.78, 5) is 15.7. The minimum absolute atomic E-state index is 0.602. The van der Waals surface area contributed by atoms with E-state index in [1.165, 1.54) is 11.3 Å². The molecular weight excluding hydrogens is 296 g/mol. The van der Waals surface area contributed by atoms with E-state index in [0.717, 1.165) is 40.4 Å². The van der Waals surface area contributed by atoms with Crippen LogP contribution in [0.1, 0.15) is 23.0 Å². The number of ether oxygens (including phenoxy) is 1. The second-order valence-electron chi connectivity index (χ2n) is 4.82. The summed E-state index contributed by atoms with van der Waals surface area (Å²) in [5, 5.41) is 2.79. The normalized spacial score (nSPS) is 10.6. The number of carbonyl (C=O) groups excluding carboxylic acids is 1. The van der Waals surface area contributed by atoms with Gasteiger partial charge in [0.15, 0.2) is 11.4 Å².